The highest BCUT2D eigenvalue weighted by atomic mass is 79.9. The minimum Gasteiger partial charge on any atom is -0.408 e. The topological polar surface area (TPSA) is 81.5 Å². The van der Waals surface area contributed by atoms with Crippen LogP contribution in [0, 0.1) is 5.92 Å². The molecule has 20 heavy (non-hydrogen) atoms. The van der Waals surface area contributed by atoms with Crippen molar-refractivity contribution in [3.63, 3.8) is 0 Å². The quantitative estimate of drug-likeness (QED) is 0.908. The van der Waals surface area contributed by atoms with Gasteiger partial charge in [0, 0.05) is 17.6 Å². The van der Waals surface area contributed by atoms with Crippen LogP contribution in [-0.4, -0.2) is 28.5 Å². The van der Waals surface area contributed by atoms with Crippen LogP contribution in [0.2, 0.25) is 0 Å². The summed E-state index contributed by atoms with van der Waals surface area (Å²) >= 11 is 3.35. The SMILES string of the molecule is NC(=O)[C@H]1CCN(Cn2c(=O)oc3cc(Br)ccc32)C1. The maximum Gasteiger partial charge on any atom is 0.421 e. The van der Waals surface area contributed by atoms with Gasteiger partial charge in [-0.2, -0.15) is 0 Å². The summed E-state index contributed by atoms with van der Waals surface area (Å²) in [6, 6.07) is 5.47. The van der Waals surface area contributed by atoms with Gasteiger partial charge in [-0.05, 0) is 24.6 Å². The van der Waals surface area contributed by atoms with Crippen LogP contribution in [0.3, 0.4) is 0 Å². The number of hydrogen-bond donors (Lipinski definition) is 1. The Labute approximate surface area is 123 Å². The Morgan fingerprint density at radius 1 is 1.50 bits per heavy atom. The maximum absolute atomic E-state index is 11.9. The standard InChI is InChI=1S/C13H14BrN3O3/c14-9-1-2-10-11(5-9)20-13(19)17(10)7-16-4-3-8(6-16)12(15)18/h1-2,5,8H,3-4,6-7H2,(H2,15,18)/t8-/m0/s1. The first kappa shape index (κ1) is 13.4. The number of carbonyl (C=O) groups excluding carboxylic acids is 1. The summed E-state index contributed by atoms with van der Waals surface area (Å²) in [5.41, 5.74) is 6.61. The maximum atomic E-state index is 11.9. The average molecular weight is 340 g/mol. The van der Waals surface area contributed by atoms with Crippen molar-refractivity contribution >= 4 is 32.9 Å². The molecule has 1 saturated heterocycles. The summed E-state index contributed by atoms with van der Waals surface area (Å²) < 4.78 is 7.66. The van der Waals surface area contributed by atoms with Crippen molar-refractivity contribution in [1.82, 2.24) is 9.47 Å². The number of carbonyl (C=O) groups is 1. The number of likely N-dealkylation sites (tertiary alicyclic amines) is 1. The predicted octanol–water partition coefficient (Wildman–Crippen LogP) is 1.12. The van der Waals surface area contributed by atoms with E-state index in [1.165, 1.54) is 0 Å². The summed E-state index contributed by atoms with van der Waals surface area (Å²) in [6.45, 7) is 1.76. The van der Waals surface area contributed by atoms with E-state index in [2.05, 4.69) is 15.9 Å². The van der Waals surface area contributed by atoms with E-state index >= 15 is 0 Å². The van der Waals surface area contributed by atoms with Crippen LogP contribution in [0.4, 0.5) is 0 Å². The monoisotopic (exact) mass is 339 g/mol. The third-order valence-corrected chi connectivity index (χ3v) is 4.14. The highest BCUT2D eigenvalue weighted by molar-refractivity contribution is 9.10. The molecule has 3 rings (SSSR count). The Morgan fingerprint density at radius 2 is 2.30 bits per heavy atom. The van der Waals surface area contributed by atoms with E-state index in [9.17, 15) is 9.59 Å². The third kappa shape index (κ3) is 2.38. The van der Waals surface area contributed by atoms with E-state index in [4.69, 9.17) is 10.2 Å². The first-order valence-corrected chi connectivity index (χ1v) is 7.14. The van der Waals surface area contributed by atoms with Crippen molar-refractivity contribution in [2.45, 2.75) is 13.1 Å². The Morgan fingerprint density at radius 3 is 3.00 bits per heavy atom. The molecule has 1 atom stereocenters. The van der Waals surface area contributed by atoms with Crippen molar-refractivity contribution in [3.8, 4) is 0 Å². The molecule has 7 heteroatoms. The van der Waals surface area contributed by atoms with Gasteiger partial charge in [-0.3, -0.25) is 14.3 Å². The molecule has 1 amide bonds. The summed E-state index contributed by atoms with van der Waals surface area (Å²) in [4.78, 5) is 25.1. The van der Waals surface area contributed by atoms with Crippen LogP contribution in [0.5, 0.6) is 0 Å². The summed E-state index contributed by atoms with van der Waals surface area (Å²) in [5, 5.41) is 0. The van der Waals surface area contributed by atoms with E-state index < -0.39 is 0 Å². The Balaban J connectivity index is 1.87. The number of oxazole rings is 1. The van der Waals surface area contributed by atoms with Gasteiger partial charge in [0.2, 0.25) is 5.91 Å². The fourth-order valence-corrected chi connectivity index (χ4v) is 2.91. The lowest BCUT2D eigenvalue weighted by atomic mass is 10.1. The number of halogens is 1. The van der Waals surface area contributed by atoms with Gasteiger partial charge in [0.25, 0.3) is 0 Å². The summed E-state index contributed by atoms with van der Waals surface area (Å²) in [5.74, 6) is -0.792. The molecule has 1 aromatic carbocycles. The molecule has 0 radical (unpaired) electrons. The number of aromatic nitrogens is 1. The van der Waals surface area contributed by atoms with Crippen LogP contribution in [0.15, 0.2) is 31.9 Å². The smallest absolute Gasteiger partial charge is 0.408 e. The molecule has 2 aromatic rings. The second kappa shape index (κ2) is 5.06. The normalized spacial score (nSPS) is 19.8. The molecule has 0 unspecified atom stereocenters. The fourth-order valence-electron chi connectivity index (χ4n) is 2.57. The van der Waals surface area contributed by atoms with E-state index in [1.807, 2.05) is 17.0 Å². The average Bonchev–Trinajstić information content (AvgIpc) is 2.96. The van der Waals surface area contributed by atoms with E-state index in [-0.39, 0.29) is 17.6 Å². The lowest BCUT2D eigenvalue weighted by Gasteiger charge is -2.15. The second-order valence-electron chi connectivity index (χ2n) is 5.01. The van der Waals surface area contributed by atoms with Crippen molar-refractivity contribution in [1.29, 1.82) is 0 Å². The molecule has 6 nitrogen and oxygen atoms in total. The summed E-state index contributed by atoms with van der Waals surface area (Å²) in [7, 11) is 0. The van der Waals surface area contributed by atoms with Gasteiger partial charge < -0.3 is 10.2 Å². The van der Waals surface area contributed by atoms with Crippen molar-refractivity contribution < 1.29 is 9.21 Å². The number of fused-ring (bicyclic) bond motifs is 1. The first-order valence-electron chi connectivity index (χ1n) is 6.35. The van der Waals surface area contributed by atoms with E-state index in [1.54, 1.807) is 10.6 Å². The zero-order valence-corrected chi connectivity index (χ0v) is 12.3. The fraction of sp³-hybridized carbons (Fsp3) is 0.385. The van der Waals surface area contributed by atoms with Crippen LogP contribution >= 0.6 is 15.9 Å². The molecule has 1 aliphatic rings. The van der Waals surface area contributed by atoms with Gasteiger partial charge in [-0.15, -0.1) is 0 Å². The molecule has 2 N–H and O–H groups in total. The van der Waals surface area contributed by atoms with E-state index in [0.717, 1.165) is 23.0 Å². The Bertz CT molecular complexity index is 721. The van der Waals surface area contributed by atoms with Crippen molar-refractivity contribution in [3.05, 3.63) is 33.2 Å². The van der Waals surface area contributed by atoms with Gasteiger partial charge >= 0.3 is 5.76 Å². The molecular weight excluding hydrogens is 326 g/mol. The molecule has 1 aliphatic heterocycles. The molecular formula is C13H14BrN3O3. The molecule has 0 bridgehead atoms. The molecule has 1 fully saturated rings. The Hall–Kier alpha value is -1.60. The van der Waals surface area contributed by atoms with Crippen LogP contribution in [-0.2, 0) is 11.5 Å². The number of hydrogen-bond acceptors (Lipinski definition) is 4. The number of primary amides is 1. The van der Waals surface area contributed by atoms with Crippen molar-refractivity contribution in [2.24, 2.45) is 11.7 Å². The zero-order chi connectivity index (χ0) is 14.3. The largest absolute Gasteiger partial charge is 0.421 e. The first-order chi connectivity index (χ1) is 9.54. The number of nitrogens with zero attached hydrogens (tertiary/aromatic N) is 2. The molecule has 0 spiro atoms. The zero-order valence-electron chi connectivity index (χ0n) is 10.7. The lowest BCUT2D eigenvalue weighted by molar-refractivity contribution is -0.121. The van der Waals surface area contributed by atoms with Gasteiger partial charge in [-0.25, -0.2) is 4.79 Å². The second-order valence-corrected chi connectivity index (χ2v) is 5.93. The van der Waals surface area contributed by atoms with Gasteiger partial charge in [-0.1, -0.05) is 15.9 Å². The van der Waals surface area contributed by atoms with Crippen LogP contribution in [0.25, 0.3) is 11.1 Å². The number of nitrogens with two attached hydrogens (primary N) is 1. The molecule has 0 aliphatic carbocycles. The number of rotatable bonds is 3. The molecule has 106 valence electrons. The number of benzene rings is 1. The summed E-state index contributed by atoms with van der Waals surface area (Å²) in [6.07, 6.45) is 0.741. The Kier molecular flexibility index (Phi) is 3.39. The highest BCUT2D eigenvalue weighted by Crippen LogP contribution is 2.21. The minimum absolute atomic E-state index is 0.127. The lowest BCUT2D eigenvalue weighted by Crippen LogP contribution is -2.31. The third-order valence-electron chi connectivity index (χ3n) is 3.65. The predicted molar refractivity (Wildman–Crippen MR) is 77.0 cm³/mol. The highest BCUT2D eigenvalue weighted by Gasteiger charge is 2.27. The van der Waals surface area contributed by atoms with Gasteiger partial charge in [0.15, 0.2) is 5.58 Å². The molecule has 1 aromatic heterocycles. The van der Waals surface area contributed by atoms with Crippen LogP contribution < -0.4 is 11.5 Å². The van der Waals surface area contributed by atoms with Crippen molar-refractivity contribution in [2.75, 3.05) is 13.1 Å². The van der Waals surface area contributed by atoms with Crippen LogP contribution in [0.1, 0.15) is 6.42 Å². The van der Waals surface area contributed by atoms with Gasteiger partial charge in [0.1, 0.15) is 0 Å². The van der Waals surface area contributed by atoms with E-state index in [0.29, 0.717) is 18.8 Å². The number of amides is 1. The van der Waals surface area contributed by atoms with Gasteiger partial charge in [0.05, 0.1) is 18.1 Å². The molecule has 2 heterocycles. The minimum atomic E-state index is -0.388. The molecule has 0 saturated carbocycles.